The fourth-order valence-electron chi connectivity index (χ4n) is 1.49. The van der Waals surface area contributed by atoms with Crippen LogP contribution in [0.25, 0.3) is 0 Å². The number of benzene rings is 1. The van der Waals surface area contributed by atoms with Crippen LogP contribution in [0.3, 0.4) is 0 Å². The number of aromatic nitrogens is 2. The van der Waals surface area contributed by atoms with E-state index in [0.29, 0.717) is 22.2 Å². The Morgan fingerprint density at radius 2 is 2.17 bits per heavy atom. The van der Waals surface area contributed by atoms with Crippen LogP contribution in [0, 0.1) is 11.6 Å². The first-order valence-electron chi connectivity index (χ1n) is 5.30. The number of aliphatic hydroxyl groups is 1. The molecule has 0 spiro atoms. The molecular weight excluding hydrogens is 258 g/mol. The average Bonchev–Trinajstić information content (AvgIpc) is 2.69. The van der Waals surface area contributed by atoms with Gasteiger partial charge in [0, 0.05) is 18.9 Å². The zero-order chi connectivity index (χ0) is 13.1. The lowest BCUT2D eigenvalue weighted by Gasteiger charge is -2.05. The Kier molecular flexibility index (Phi) is 3.98. The molecule has 0 unspecified atom stereocenters. The van der Waals surface area contributed by atoms with Crippen molar-refractivity contribution in [2.45, 2.75) is 17.5 Å². The largest absolute Gasteiger partial charge is 0.390 e. The van der Waals surface area contributed by atoms with Crippen molar-refractivity contribution in [3.05, 3.63) is 47.3 Å². The number of hydrogen-bond acceptors (Lipinski definition) is 3. The summed E-state index contributed by atoms with van der Waals surface area (Å²) in [6.07, 6.45) is 1.57. The molecule has 0 saturated carbocycles. The summed E-state index contributed by atoms with van der Waals surface area (Å²) in [4.78, 5) is 4.12. The van der Waals surface area contributed by atoms with Crippen LogP contribution < -0.4 is 0 Å². The number of hydrogen-bond donors (Lipinski definition) is 1. The van der Waals surface area contributed by atoms with Gasteiger partial charge in [-0.2, -0.15) is 0 Å². The summed E-state index contributed by atoms with van der Waals surface area (Å²) in [5.74, 6) is -0.776. The predicted octanol–water partition coefficient (Wildman–Crippen LogP) is 2.48. The van der Waals surface area contributed by atoms with Gasteiger partial charge in [-0.25, -0.2) is 13.8 Å². The Bertz CT molecular complexity index is 557. The van der Waals surface area contributed by atoms with E-state index in [2.05, 4.69) is 4.98 Å². The van der Waals surface area contributed by atoms with Crippen molar-refractivity contribution in [1.29, 1.82) is 0 Å². The molecule has 0 radical (unpaired) electrons. The molecule has 3 nitrogen and oxygen atoms in total. The minimum atomic E-state index is -0.583. The van der Waals surface area contributed by atoms with Crippen LogP contribution in [0.15, 0.2) is 29.6 Å². The molecule has 18 heavy (non-hydrogen) atoms. The van der Waals surface area contributed by atoms with Gasteiger partial charge in [-0.05, 0) is 11.6 Å². The van der Waals surface area contributed by atoms with Crippen molar-refractivity contribution in [1.82, 2.24) is 9.55 Å². The van der Waals surface area contributed by atoms with Gasteiger partial charge in [0.05, 0.1) is 18.5 Å². The lowest BCUT2D eigenvalue weighted by molar-refractivity contribution is 0.271. The van der Waals surface area contributed by atoms with Gasteiger partial charge in [0.15, 0.2) is 5.16 Å². The summed E-state index contributed by atoms with van der Waals surface area (Å²) in [6.45, 7) is -0.0883. The van der Waals surface area contributed by atoms with Crippen LogP contribution in [0.2, 0.25) is 0 Å². The van der Waals surface area contributed by atoms with Crippen LogP contribution in [0.4, 0.5) is 8.78 Å². The molecule has 0 aliphatic rings. The number of imidazole rings is 1. The van der Waals surface area contributed by atoms with Gasteiger partial charge in [-0.15, -0.1) is 0 Å². The Hall–Kier alpha value is -1.40. The molecule has 2 aromatic rings. The van der Waals surface area contributed by atoms with E-state index in [-0.39, 0.29) is 6.61 Å². The van der Waals surface area contributed by atoms with Crippen LogP contribution in [0.1, 0.15) is 11.3 Å². The van der Waals surface area contributed by atoms with Crippen LogP contribution >= 0.6 is 11.8 Å². The minimum Gasteiger partial charge on any atom is -0.390 e. The molecule has 0 saturated heterocycles. The molecule has 0 fully saturated rings. The lowest BCUT2D eigenvalue weighted by atomic mass is 10.2. The van der Waals surface area contributed by atoms with Gasteiger partial charge >= 0.3 is 0 Å². The molecular formula is C12H12F2N2OS. The highest BCUT2D eigenvalue weighted by molar-refractivity contribution is 7.98. The molecule has 2 rings (SSSR count). The third-order valence-electron chi connectivity index (χ3n) is 2.58. The maximum atomic E-state index is 13.4. The molecule has 0 bridgehead atoms. The number of thioether (sulfide) groups is 1. The highest BCUT2D eigenvalue weighted by Gasteiger charge is 2.09. The van der Waals surface area contributed by atoms with E-state index >= 15 is 0 Å². The Morgan fingerprint density at radius 3 is 2.78 bits per heavy atom. The van der Waals surface area contributed by atoms with Crippen molar-refractivity contribution in [3.8, 4) is 0 Å². The molecule has 0 aliphatic carbocycles. The highest BCUT2D eigenvalue weighted by Crippen LogP contribution is 2.23. The summed E-state index contributed by atoms with van der Waals surface area (Å²) in [5, 5.41) is 9.70. The summed E-state index contributed by atoms with van der Waals surface area (Å²) < 4.78 is 27.9. The molecule has 0 atom stereocenters. The molecule has 1 heterocycles. The number of aliphatic hydroxyl groups excluding tert-OH is 1. The second-order valence-corrected chi connectivity index (χ2v) is 4.72. The van der Waals surface area contributed by atoms with Crippen LogP contribution in [0.5, 0.6) is 0 Å². The van der Waals surface area contributed by atoms with E-state index < -0.39 is 11.6 Å². The van der Waals surface area contributed by atoms with E-state index in [9.17, 15) is 8.78 Å². The van der Waals surface area contributed by atoms with Gasteiger partial charge in [0.2, 0.25) is 0 Å². The zero-order valence-corrected chi connectivity index (χ0v) is 10.5. The van der Waals surface area contributed by atoms with Gasteiger partial charge in [-0.3, -0.25) is 0 Å². The minimum absolute atomic E-state index is 0.0883. The monoisotopic (exact) mass is 270 g/mol. The molecule has 96 valence electrons. The Morgan fingerprint density at radius 1 is 1.39 bits per heavy atom. The zero-order valence-electron chi connectivity index (χ0n) is 9.73. The SMILES string of the molecule is Cn1c(CO)cnc1SCc1ccc(F)cc1F. The second kappa shape index (κ2) is 5.49. The third kappa shape index (κ3) is 2.70. The first kappa shape index (κ1) is 13.0. The van der Waals surface area contributed by atoms with E-state index in [0.717, 1.165) is 6.07 Å². The fourth-order valence-corrected chi connectivity index (χ4v) is 2.44. The first-order valence-corrected chi connectivity index (χ1v) is 6.28. The lowest BCUT2D eigenvalue weighted by Crippen LogP contribution is -1.98. The Balaban J connectivity index is 2.09. The molecule has 0 amide bonds. The molecule has 1 aromatic heterocycles. The second-order valence-electron chi connectivity index (χ2n) is 3.77. The first-order chi connectivity index (χ1) is 8.61. The smallest absolute Gasteiger partial charge is 0.168 e. The third-order valence-corrected chi connectivity index (χ3v) is 3.67. The maximum Gasteiger partial charge on any atom is 0.168 e. The van der Waals surface area contributed by atoms with E-state index in [4.69, 9.17) is 5.11 Å². The number of rotatable bonds is 4. The predicted molar refractivity (Wildman–Crippen MR) is 65.0 cm³/mol. The van der Waals surface area contributed by atoms with Crippen LogP contribution in [-0.4, -0.2) is 14.7 Å². The molecule has 1 aromatic carbocycles. The molecule has 6 heteroatoms. The summed E-state index contributed by atoms with van der Waals surface area (Å²) >= 11 is 1.33. The fraction of sp³-hybridized carbons (Fsp3) is 0.250. The molecule has 0 aliphatic heterocycles. The normalized spacial score (nSPS) is 10.9. The van der Waals surface area contributed by atoms with Crippen LogP contribution in [-0.2, 0) is 19.4 Å². The van der Waals surface area contributed by atoms with Crippen molar-refractivity contribution in [2.24, 2.45) is 7.05 Å². The van der Waals surface area contributed by atoms with Gasteiger partial charge in [0.1, 0.15) is 11.6 Å². The van der Waals surface area contributed by atoms with Gasteiger partial charge < -0.3 is 9.67 Å². The van der Waals surface area contributed by atoms with Crippen molar-refractivity contribution in [3.63, 3.8) is 0 Å². The van der Waals surface area contributed by atoms with Crippen molar-refractivity contribution in [2.75, 3.05) is 0 Å². The highest BCUT2D eigenvalue weighted by atomic mass is 32.2. The van der Waals surface area contributed by atoms with Gasteiger partial charge in [0.25, 0.3) is 0 Å². The van der Waals surface area contributed by atoms with Crippen molar-refractivity contribution >= 4 is 11.8 Å². The van der Waals surface area contributed by atoms with Crippen molar-refractivity contribution < 1.29 is 13.9 Å². The summed E-state index contributed by atoms with van der Waals surface area (Å²) in [6, 6.07) is 3.53. The van der Waals surface area contributed by atoms with E-state index in [1.807, 2.05) is 0 Å². The van der Waals surface area contributed by atoms with E-state index in [1.165, 1.54) is 23.9 Å². The number of nitrogens with zero attached hydrogens (tertiary/aromatic N) is 2. The maximum absolute atomic E-state index is 13.4. The topological polar surface area (TPSA) is 38.0 Å². The Labute approximate surface area is 107 Å². The summed E-state index contributed by atoms with van der Waals surface area (Å²) in [7, 11) is 1.78. The van der Waals surface area contributed by atoms with Gasteiger partial charge in [-0.1, -0.05) is 17.8 Å². The quantitative estimate of drug-likeness (QED) is 0.867. The van der Waals surface area contributed by atoms with E-state index in [1.54, 1.807) is 17.8 Å². The number of halogens is 2. The molecule has 1 N–H and O–H groups in total. The summed E-state index contributed by atoms with van der Waals surface area (Å²) in [5.41, 5.74) is 1.12. The standard InChI is InChI=1S/C12H12F2N2OS/c1-16-10(6-17)5-15-12(16)18-7-8-2-3-9(13)4-11(8)14/h2-5,17H,6-7H2,1H3. The average molecular weight is 270 g/mol.